The van der Waals surface area contributed by atoms with Crippen molar-refractivity contribution in [1.29, 1.82) is 0 Å². The first-order chi connectivity index (χ1) is 17.7. The van der Waals surface area contributed by atoms with Crippen LogP contribution in [0.4, 0.5) is 0 Å². The van der Waals surface area contributed by atoms with Crippen LogP contribution in [-0.2, 0) is 0 Å². The van der Waals surface area contributed by atoms with Crippen LogP contribution >= 0.6 is 0 Å². The van der Waals surface area contributed by atoms with Crippen molar-refractivity contribution >= 4 is 43.1 Å². The van der Waals surface area contributed by atoms with E-state index in [9.17, 15) is 0 Å². The first-order valence-corrected chi connectivity index (χ1v) is 12.6. The fourth-order valence-electron chi connectivity index (χ4n) is 5.82. The largest absolute Gasteiger partial charge is 0.0616 e. The lowest BCUT2D eigenvalue weighted by Gasteiger charge is -2.19. The van der Waals surface area contributed by atoms with E-state index >= 15 is 0 Å². The van der Waals surface area contributed by atoms with Gasteiger partial charge in [-0.05, 0) is 102 Å². The van der Waals surface area contributed by atoms with E-state index in [-0.39, 0.29) is 0 Å². The highest BCUT2D eigenvalue weighted by Gasteiger charge is 2.17. The van der Waals surface area contributed by atoms with Crippen LogP contribution in [0.1, 0.15) is 11.1 Å². The van der Waals surface area contributed by atoms with Gasteiger partial charge >= 0.3 is 0 Å². The van der Waals surface area contributed by atoms with Gasteiger partial charge in [0.15, 0.2) is 0 Å². The lowest BCUT2D eigenvalue weighted by atomic mass is 9.84. The summed E-state index contributed by atoms with van der Waals surface area (Å²) in [6.45, 7) is 4.45. The highest BCUT2D eigenvalue weighted by atomic mass is 14.2. The van der Waals surface area contributed by atoms with Crippen molar-refractivity contribution in [3.8, 4) is 22.3 Å². The summed E-state index contributed by atoms with van der Waals surface area (Å²) >= 11 is 0. The highest BCUT2D eigenvalue weighted by molar-refractivity contribution is 6.18. The van der Waals surface area contributed by atoms with Gasteiger partial charge < -0.3 is 0 Å². The van der Waals surface area contributed by atoms with E-state index in [1.165, 1.54) is 76.5 Å². The van der Waals surface area contributed by atoms with Gasteiger partial charge in [0.05, 0.1) is 0 Å². The third-order valence-electron chi connectivity index (χ3n) is 7.75. The lowest BCUT2D eigenvalue weighted by molar-refractivity contribution is 1.34. The molecule has 0 saturated carbocycles. The molecular weight excluding hydrogens is 432 g/mol. The van der Waals surface area contributed by atoms with E-state index in [1.54, 1.807) is 0 Å². The maximum absolute atomic E-state index is 2.39. The SMILES string of the molecule is Cc1cc(-c2cc3ccccc3c3ccccc23)c(-c2cc3ccccc3c3ccccc23)cc1C. The number of hydrogen-bond donors (Lipinski definition) is 0. The van der Waals surface area contributed by atoms with E-state index in [4.69, 9.17) is 0 Å². The van der Waals surface area contributed by atoms with E-state index in [0.717, 1.165) is 0 Å². The van der Waals surface area contributed by atoms with E-state index in [0.29, 0.717) is 0 Å². The predicted octanol–water partition coefficient (Wildman–Crippen LogP) is 10.3. The fourth-order valence-corrected chi connectivity index (χ4v) is 5.82. The zero-order valence-corrected chi connectivity index (χ0v) is 20.5. The molecule has 0 spiro atoms. The normalized spacial score (nSPS) is 11.6. The molecule has 7 aromatic carbocycles. The van der Waals surface area contributed by atoms with Crippen LogP contribution < -0.4 is 0 Å². The van der Waals surface area contributed by atoms with Crippen LogP contribution in [0.2, 0.25) is 0 Å². The van der Waals surface area contributed by atoms with E-state index in [2.05, 4.69) is 135 Å². The number of aryl methyl sites for hydroxylation is 2. The van der Waals surface area contributed by atoms with Gasteiger partial charge in [0.25, 0.3) is 0 Å². The quantitative estimate of drug-likeness (QED) is 0.226. The van der Waals surface area contributed by atoms with Crippen molar-refractivity contribution in [1.82, 2.24) is 0 Å². The number of hydrogen-bond acceptors (Lipinski definition) is 0. The fraction of sp³-hybridized carbons (Fsp3) is 0.0556. The molecule has 0 heterocycles. The molecule has 0 aliphatic carbocycles. The van der Waals surface area contributed by atoms with Crippen LogP contribution in [0, 0.1) is 13.8 Å². The Hall–Kier alpha value is -4.42. The molecule has 0 N–H and O–H groups in total. The second-order valence-electron chi connectivity index (χ2n) is 9.86. The van der Waals surface area contributed by atoms with Crippen molar-refractivity contribution < 1.29 is 0 Å². The lowest BCUT2D eigenvalue weighted by Crippen LogP contribution is -1.93. The Morgan fingerprint density at radius 3 is 1.06 bits per heavy atom. The van der Waals surface area contributed by atoms with Gasteiger partial charge in [-0.1, -0.05) is 109 Å². The number of rotatable bonds is 2. The Balaban J connectivity index is 1.64. The molecule has 0 unspecified atom stereocenters. The van der Waals surface area contributed by atoms with Gasteiger partial charge in [-0.3, -0.25) is 0 Å². The summed E-state index contributed by atoms with van der Waals surface area (Å²) in [7, 11) is 0. The molecular formula is C36H26. The first kappa shape index (κ1) is 20.9. The maximum Gasteiger partial charge on any atom is -0.00927 e. The van der Waals surface area contributed by atoms with Crippen molar-refractivity contribution in [3.63, 3.8) is 0 Å². The van der Waals surface area contributed by atoms with Crippen LogP contribution in [0.3, 0.4) is 0 Å². The average molecular weight is 459 g/mol. The summed E-state index contributed by atoms with van der Waals surface area (Å²) < 4.78 is 0. The molecule has 0 aromatic heterocycles. The van der Waals surface area contributed by atoms with Crippen LogP contribution in [-0.4, -0.2) is 0 Å². The van der Waals surface area contributed by atoms with Crippen LogP contribution in [0.15, 0.2) is 121 Å². The van der Waals surface area contributed by atoms with Gasteiger partial charge in [-0.25, -0.2) is 0 Å². The Bertz CT molecular complexity index is 1810. The second-order valence-corrected chi connectivity index (χ2v) is 9.86. The van der Waals surface area contributed by atoms with Crippen molar-refractivity contribution in [2.24, 2.45) is 0 Å². The number of benzene rings is 7. The molecule has 36 heavy (non-hydrogen) atoms. The zero-order chi connectivity index (χ0) is 24.2. The standard InChI is InChI=1S/C36H26/c1-23-19-33(35-21-25-11-3-5-13-27(25)29-15-7-9-17-31(29)35)34(20-24(23)2)36-22-26-12-4-6-14-28(26)30-16-8-10-18-32(30)36/h3-22H,1-2H3. The molecule has 0 aliphatic heterocycles. The van der Waals surface area contributed by atoms with Gasteiger partial charge in [-0.15, -0.1) is 0 Å². The monoisotopic (exact) mass is 458 g/mol. The Kier molecular flexibility index (Phi) is 4.69. The van der Waals surface area contributed by atoms with Crippen molar-refractivity contribution in [3.05, 3.63) is 132 Å². The Labute approximate surface area is 211 Å². The van der Waals surface area contributed by atoms with Crippen LogP contribution in [0.5, 0.6) is 0 Å². The summed E-state index contributed by atoms with van der Waals surface area (Å²) in [5.74, 6) is 0. The molecule has 0 aliphatic rings. The summed E-state index contributed by atoms with van der Waals surface area (Å²) in [4.78, 5) is 0. The van der Waals surface area contributed by atoms with Gasteiger partial charge in [0.1, 0.15) is 0 Å². The molecule has 170 valence electrons. The minimum absolute atomic E-state index is 1.28. The minimum Gasteiger partial charge on any atom is -0.0616 e. The smallest absolute Gasteiger partial charge is 0.00927 e. The third kappa shape index (κ3) is 3.15. The Morgan fingerprint density at radius 2 is 0.639 bits per heavy atom. The molecule has 0 radical (unpaired) electrons. The molecule has 0 amide bonds. The molecule has 0 bridgehead atoms. The molecule has 7 aromatic rings. The molecule has 0 heteroatoms. The first-order valence-electron chi connectivity index (χ1n) is 12.6. The van der Waals surface area contributed by atoms with E-state index < -0.39 is 0 Å². The average Bonchev–Trinajstić information content (AvgIpc) is 2.93. The van der Waals surface area contributed by atoms with Gasteiger partial charge in [-0.2, -0.15) is 0 Å². The van der Waals surface area contributed by atoms with Gasteiger partial charge in [0.2, 0.25) is 0 Å². The predicted molar refractivity (Wildman–Crippen MR) is 157 cm³/mol. The second kappa shape index (κ2) is 8.07. The molecule has 0 saturated heterocycles. The molecule has 0 atom stereocenters. The summed E-state index contributed by atoms with van der Waals surface area (Å²) in [5, 5.41) is 10.4. The molecule has 0 fully saturated rings. The summed E-state index contributed by atoms with van der Waals surface area (Å²) in [6.07, 6.45) is 0. The van der Waals surface area contributed by atoms with Crippen molar-refractivity contribution in [2.45, 2.75) is 13.8 Å². The third-order valence-corrected chi connectivity index (χ3v) is 7.75. The number of fused-ring (bicyclic) bond motifs is 6. The Morgan fingerprint density at radius 1 is 0.306 bits per heavy atom. The molecule has 7 rings (SSSR count). The maximum atomic E-state index is 2.39. The van der Waals surface area contributed by atoms with Gasteiger partial charge in [0, 0.05) is 0 Å². The van der Waals surface area contributed by atoms with E-state index in [1.807, 2.05) is 0 Å². The zero-order valence-electron chi connectivity index (χ0n) is 20.5. The minimum atomic E-state index is 1.28. The topological polar surface area (TPSA) is 0 Å². The highest BCUT2D eigenvalue weighted by Crippen LogP contribution is 2.43. The molecule has 0 nitrogen and oxygen atoms in total. The van der Waals surface area contributed by atoms with Crippen molar-refractivity contribution in [2.75, 3.05) is 0 Å². The van der Waals surface area contributed by atoms with Crippen LogP contribution in [0.25, 0.3) is 65.3 Å². The summed E-state index contributed by atoms with van der Waals surface area (Å²) in [5.41, 5.74) is 7.80. The summed E-state index contributed by atoms with van der Waals surface area (Å²) in [6, 6.07) is 44.7.